The first-order valence-electron chi connectivity index (χ1n) is 12.7. The van der Waals surface area contributed by atoms with Crippen LogP contribution >= 0.6 is 0 Å². The van der Waals surface area contributed by atoms with Gasteiger partial charge in [-0.15, -0.1) is 0 Å². The molecule has 2 fully saturated rings. The summed E-state index contributed by atoms with van der Waals surface area (Å²) in [5, 5.41) is 3.08. The van der Waals surface area contributed by atoms with E-state index in [4.69, 9.17) is 4.74 Å². The Labute approximate surface area is 203 Å². The molecule has 0 saturated carbocycles. The van der Waals surface area contributed by atoms with E-state index in [9.17, 15) is 14.4 Å². The minimum atomic E-state index is -0.420. The maximum absolute atomic E-state index is 13.2. The number of aryl methyl sites for hydroxylation is 1. The zero-order valence-electron chi connectivity index (χ0n) is 21.2. The number of piperazine rings is 1. The molecule has 0 bridgehead atoms. The minimum absolute atomic E-state index is 0.0277. The van der Waals surface area contributed by atoms with Crippen molar-refractivity contribution in [1.29, 1.82) is 0 Å². The predicted octanol–water partition coefficient (Wildman–Crippen LogP) is 1.80. The number of H-pyrrole nitrogens is 1. The lowest BCUT2D eigenvalue weighted by Crippen LogP contribution is -2.47. The van der Waals surface area contributed by atoms with Crippen molar-refractivity contribution in [3.63, 3.8) is 0 Å². The van der Waals surface area contributed by atoms with E-state index in [1.165, 1.54) is 0 Å². The van der Waals surface area contributed by atoms with E-state index in [2.05, 4.69) is 27.0 Å². The molecule has 2 aliphatic rings. The number of carbonyl (C=O) groups is 3. The molecule has 9 nitrogen and oxygen atoms in total. The Balaban J connectivity index is 1.48. The highest BCUT2D eigenvalue weighted by Crippen LogP contribution is 2.23. The molecule has 2 amide bonds. The van der Waals surface area contributed by atoms with E-state index in [1.54, 1.807) is 25.7 Å². The predicted molar refractivity (Wildman–Crippen MR) is 131 cm³/mol. The van der Waals surface area contributed by atoms with Crippen LogP contribution in [0.25, 0.3) is 0 Å². The summed E-state index contributed by atoms with van der Waals surface area (Å²) in [6.07, 6.45) is 2.51. The number of ether oxygens (including phenoxy) is 1. The number of carbonyl (C=O) groups excluding carboxylic acids is 3. The summed E-state index contributed by atoms with van der Waals surface area (Å²) in [7, 11) is 0. The van der Waals surface area contributed by atoms with Gasteiger partial charge in [-0.05, 0) is 58.7 Å². The molecule has 1 aromatic heterocycles. The van der Waals surface area contributed by atoms with Crippen LogP contribution in [0.15, 0.2) is 0 Å². The van der Waals surface area contributed by atoms with Gasteiger partial charge in [-0.1, -0.05) is 6.92 Å². The van der Waals surface area contributed by atoms with Gasteiger partial charge in [-0.3, -0.25) is 9.59 Å². The average Bonchev–Trinajstić information content (AvgIpc) is 3.15. The fraction of sp³-hybridized carbons (Fsp3) is 0.720. The summed E-state index contributed by atoms with van der Waals surface area (Å²) in [6, 6.07) is 0. The molecule has 9 heteroatoms. The topological polar surface area (TPSA) is 98.0 Å². The maximum atomic E-state index is 13.2. The summed E-state index contributed by atoms with van der Waals surface area (Å²) in [5.41, 5.74) is 2.06. The van der Waals surface area contributed by atoms with Crippen LogP contribution < -0.4 is 5.32 Å². The molecular weight excluding hydrogens is 434 g/mol. The molecule has 1 atom stereocenters. The second kappa shape index (κ2) is 12.4. The third-order valence-electron chi connectivity index (χ3n) is 7.07. The lowest BCUT2D eigenvalue weighted by molar-refractivity contribution is -0.126. The molecule has 2 aliphatic heterocycles. The van der Waals surface area contributed by atoms with E-state index < -0.39 is 5.97 Å². The molecule has 34 heavy (non-hydrogen) atoms. The summed E-state index contributed by atoms with van der Waals surface area (Å²) in [4.78, 5) is 48.0. The van der Waals surface area contributed by atoms with Crippen molar-refractivity contribution in [2.24, 2.45) is 5.92 Å². The van der Waals surface area contributed by atoms with E-state index in [0.29, 0.717) is 42.1 Å². The number of likely N-dealkylation sites (tertiary alicyclic amines) is 1. The Morgan fingerprint density at radius 2 is 1.76 bits per heavy atom. The number of rotatable bonds is 9. The number of nitrogens with one attached hydrogen (secondary N) is 2. The molecule has 0 radical (unpaired) electrons. The number of aromatic amines is 1. The molecule has 190 valence electrons. The summed E-state index contributed by atoms with van der Waals surface area (Å²) in [5.74, 6) is -0.762. The van der Waals surface area contributed by atoms with E-state index >= 15 is 0 Å². The fourth-order valence-electron chi connectivity index (χ4n) is 4.99. The van der Waals surface area contributed by atoms with Crippen LogP contribution in [0.4, 0.5) is 0 Å². The fourth-order valence-corrected chi connectivity index (χ4v) is 4.99. The number of hydrogen-bond acceptors (Lipinski definition) is 6. The number of nitrogens with zero attached hydrogens (tertiary/aromatic N) is 3. The number of esters is 1. The molecule has 0 aromatic carbocycles. The molecule has 0 spiro atoms. The Morgan fingerprint density at radius 3 is 2.44 bits per heavy atom. The first-order chi connectivity index (χ1) is 16.3. The van der Waals surface area contributed by atoms with Gasteiger partial charge in [0.1, 0.15) is 5.69 Å². The molecule has 3 rings (SSSR count). The van der Waals surface area contributed by atoms with Crippen LogP contribution in [-0.2, 0) is 9.53 Å². The van der Waals surface area contributed by atoms with Crippen LogP contribution in [-0.4, -0.2) is 103 Å². The highest BCUT2D eigenvalue weighted by Gasteiger charge is 2.31. The Kier molecular flexibility index (Phi) is 9.53. The highest BCUT2D eigenvalue weighted by molar-refractivity contribution is 6.00. The van der Waals surface area contributed by atoms with Crippen LogP contribution in [0.3, 0.4) is 0 Å². The van der Waals surface area contributed by atoms with Crippen molar-refractivity contribution in [3.05, 3.63) is 22.5 Å². The number of piperidine rings is 1. The minimum Gasteiger partial charge on any atom is -0.462 e. The molecule has 1 aromatic rings. The quantitative estimate of drug-likeness (QED) is 0.418. The van der Waals surface area contributed by atoms with Crippen molar-refractivity contribution in [2.45, 2.75) is 47.0 Å². The number of aromatic nitrogens is 1. The van der Waals surface area contributed by atoms with Crippen molar-refractivity contribution in [3.8, 4) is 0 Å². The standard InChI is InChI=1S/C25H41N5O4/c1-5-28-13-15-29(16-14-28)11-8-10-26-23(31)20-9-7-12-30(17-20)24(32)22-18(3)21(19(4)27-22)25(33)34-6-2/h20,27H,5-17H2,1-4H3,(H,26,31). The zero-order valence-corrected chi connectivity index (χ0v) is 21.2. The maximum Gasteiger partial charge on any atom is 0.340 e. The van der Waals surface area contributed by atoms with Gasteiger partial charge in [0.05, 0.1) is 18.1 Å². The first-order valence-corrected chi connectivity index (χ1v) is 12.7. The lowest BCUT2D eigenvalue weighted by atomic mass is 9.96. The number of amides is 2. The molecular formula is C25H41N5O4. The number of likely N-dealkylation sites (N-methyl/N-ethyl adjacent to an activating group) is 1. The van der Waals surface area contributed by atoms with E-state index in [0.717, 1.165) is 58.5 Å². The normalized spacial score (nSPS) is 19.8. The Morgan fingerprint density at radius 1 is 1.06 bits per heavy atom. The van der Waals surface area contributed by atoms with Gasteiger partial charge in [0.2, 0.25) is 5.91 Å². The Bertz CT molecular complexity index is 860. The second-order valence-corrected chi connectivity index (χ2v) is 9.36. The molecule has 0 aliphatic carbocycles. The highest BCUT2D eigenvalue weighted by atomic mass is 16.5. The monoisotopic (exact) mass is 475 g/mol. The van der Waals surface area contributed by atoms with Crippen molar-refractivity contribution >= 4 is 17.8 Å². The largest absolute Gasteiger partial charge is 0.462 e. The summed E-state index contributed by atoms with van der Waals surface area (Å²) < 4.78 is 5.13. The van der Waals surface area contributed by atoms with Gasteiger partial charge in [0, 0.05) is 51.5 Å². The van der Waals surface area contributed by atoms with Gasteiger partial charge in [0.25, 0.3) is 5.91 Å². The van der Waals surface area contributed by atoms with Crippen LogP contribution in [0.2, 0.25) is 0 Å². The SMILES string of the molecule is CCOC(=O)c1c(C)[nH]c(C(=O)N2CCCC(C(=O)NCCCN3CCN(CC)CC3)C2)c1C. The molecule has 2 saturated heterocycles. The lowest BCUT2D eigenvalue weighted by Gasteiger charge is -2.34. The molecule has 3 heterocycles. The van der Waals surface area contributed by atoms with Gasteiger partial charge in [0.15, 0.2) is 0 Å². The van der Waals surface area contributed by atoms with Crippen molar-refractivity contribution in [2.75, 3.05) is 65.5 Å². The van der Waals surface area contributed by atoms with Crippen molar-refractivity contribution < 1.29 is 19.1 Å². The van der Waals surface area contributed by atoms with Gasteiger partial charge in [-0.25, -0.2) is 4.79 Å². The zero-order chi connectivity index (χ0) is 24.7. The van der Waals surface area contributed by atoms with Crippen molar-refractivity contribution in [1.82, 2.24) is 25.0 Å². The van der Waals surface area contributed by atoms with E-state index in [1.807, 2.05) is 0 Å². The third-order valence-corrected chi connectivity index (χ3v) is 7.07. The van der Waals surface area contributed by atoms with Gasteiger partial charge >= 0.3 is 5.97 Å². The molecule has 1 unspecified atom stereocenters. The average molecular weight is 476 g/mol. The first kappa shape index (κ1) is 26.2. The smallest absolute Gasteiger partial charge is 0.340 e. The van der Waals surface area contributed by atoms with Crippen LogP contribution in [0.5, 0.6) is 0 Å². The number of hydrogen-bond donors (Lipinski definition) is 2. The van der Waals surface area contributed by atoms with Gasteiger partial charge < -0.3 is 29.7 Å². The van der Waals surface area contributed by atoms with Crippen LogP contribution in [0.1, 0.15) is 65.2 Å². The summed E-state index contributed by atoms with van der Waals surface area (Å²) >= 11 is 0. The van der Waals surface area contributed by atoms with Gasteiger partial charge in [-0.2, -0.15) is 0 Å². The van der Waals surface area contributed by atoms with Crippen LogP contribution in [0, 0.1) is 19.8 Å². The Hall–Kier alpha value is -2.39. The van der Waals surface area contributed by atoms with E-state index in [-0.39, 0.29) is 24.3 Å². The third kappa shape index (κ3) is 6.39. The summed E-state index contributed by atoms with van der Waals surface area (Å²) in [6.45, 7) is 16.0. The second-order valence-electron chi connectivity index (χ2n) is 9.36. The molecule has 2 N–H and O–H groups in total.